The van der Waals surface area contributed by atoms with Crippen LogP contribution in [-0.4, -0.2) is 44.9 Å². The van der Waals surface area contributed by atoms with Gasteiger partial charge in [0, 0.05) is 0 Å². The maximum atomic E-state index is 12.2. The molecule has 0 saturated carbocycles. The molecule has 25 heavy (non-hydrogen) atoms. The third kappa shape index (κ3) is 4.50. The summed E-state index contributed by atoms with van der Waals surface area (Å²) in [6.07, 6.45) is 1.33. The number of fused-ring (bicyclic) bond motifs is 1. The third-order valence-electron chi connectivity index (χ3n) is 3.65. The number of carbonyl (C=O) groups excluding carboxylic acids is 2. The van der Waals surface area contributed by atoms with E-state index in [-0.39, 0.29) is 11.6 Å². The summed E-state index contributed by atoms with van der Waals surface area (Å²) in [6.45, 7) is 4.85. The number of nitrogens with zero attached hydrogens (tertiary/aromatic N) is 2. The molecule has 2 aromatic rings. The highest BCUT2D eigenvalue weighted by molar-refractivity contribution is 5.97. The SMILES string of the molecule is CC(NC(=O)c1cnc2ccccc2n1)C(=O)NC(C(=O)O)C(C)C. The van der Waals surface area contributed by atoms with Gasteiger partial charge >= 0.3 is 5.97 Å². The molecule has 2 amide bonds. The Bertz CT molecular complexity index is 806. The van der Waals surface area contributed by atoms with Crippen molar-refractivity contribution >= 4 is 28.8 Å². The number of carboxylic acids is 1. The Labute approximate surface area is 144 Å². The van der Waals surface area contributed by atoms with Gasteiger partial charge in [-0.3, -0.25) is 14.6 Å². The molecule has 0 bridgehead atoms. The Balaban J connectivity index is 2.05. The van der Waals surface area contributed by atoms with Gasteiger partial charge in [0.2, 0.25) is 5.91 Å². The van der Waals surface area contributed by atoms with Crippen molar-refractivity contribution < 1.29 is 19.5 Å². The molecule has 132 valence electrons. The Hall–Kier alpha value is -3.03. The third-order valence-corrected chi connectivity index (χ3v) is 3.65. The van der Waals surface area contributed by atoms with Crippen molar-refractivity contribution in [3.63, 3.8) is 0 Å². The molecular formula is C17H20N4O4. The molecular weight excluding hydrogens is 324 g/mol. The van der Waals surface area contributed by atoms with E-state index in [1.165, 1.54) is 13.1 Å². The normalized spacial score (nSPS) is 13.3. The average Bonchev–Trinajstić information content (AvgIpc) is 2.58. The Morgan fingerprint density at radius 3 is 2.28 bits per heavy atom. The fourth-order valence-electron chi connectivity index (χ4n) is 2.19. The summed E-state index contributed by atoms with van der Waals surface area (Å²) in [6, 6.07) is 5.17. The van der Waals surface area contributed by atoms with Crippen LogP contribution in [0.4, 0.5) is 0 Å². The van der Waals surface area contributed by atoms with Gasteiger partial charge in [-0.05, 0) is 25.0 Å². The van der Waals surface area contributed by atoms with Crippen molar-refractivity contribution in [3.8, 4) is 0 Å². The summed E-state index contributed by atoms with van der Waals surface area (Å²) < 4.78 is 0. The molecule has 2 atom stereocenters. The maximum Gasteiger partial charge on any atom is 0.326 e. The second kappa shape index (κ2) is 7.69. The Morgan fingerprint density at radius 2 is 1.68 bits per heavy atom. The highest BCUT2D eigenvalue weighted by Crippen LogP contribution is 2.08. The van der Waals surface area contributed by atoms with Crippen LogP contribution >= 0.6 is 0 Å². The molecule has 0 spiro atoms. The minimum absolute atomic E-state index is 0.0806. The van der Waals surface area contributed by atoms with Crippen LogP contribution in [0.1, 0.15) is 31.3 Å². The predicted molar refractivity (Wildman–Crippen MR) is 90.9 cm³/mol. The highest BCUT2D eigenvalue weighted by atomic mass is 16.4. The first-order valence-corrected chi connectivity index (χ1v) is 7.85. The molecule has 3 N–H and O–H groups in total. The molecule has 0 aliphatic carbocycles. The van der Waals surface area contributed by atoms with E-state index < -0.39 is 29.9 Å². The molecule has 1 heterocycles. The van der Waals surface area contributed by atoms with Crippen molar-refractivity contribution in [2.75, 3.05) is 0 Å². The average molecular weight is 344 g/mol. The van der Waals surface area contributed by atoms with Crippen molar-refractivity contribution in [3.05, 3.63) is 36.2 Å². The van der Waals surface area contributed by atoms with Gasteiger partial charge in [0.25, 0.3) is 5.91 Å². The number of benzene rings is 1. The van der Waals surface area contributed by atoms with Crippen LogP contribution in [0.25, 0.3) is 11.0 Å². The van der Waals surface area contributed by atoms with Crippen LogP contribution in [0.3, 0.4) is 0 Å². The number of aliphatic carboxylic acids is 1. The van der Waals surface area contributed by atoms with Crippen LogP contribution in [0.5, 0.6) is 0 Å². The zero-order valence-corrected chi connectivity index (χ0v) is 14.2. The van der Waals surface area contributed by atoms with Crippen molar-refractivity contribution in [2.24, 2.45) is 5.92 Å². The first-order chi connectivity index (χ1) is 11.8. The molecule has 1 aromatic heterocycles. The number of hydrogen-bond donors (Lipinski definition) is 3. The Morgan fingerprint density at radius 1 is 1.04 bits per heavy atom. The number of amides is 2. The molecule has 0 aliphatic heterocycles. The van der Waals surface area contributed by atoms with Crippen LogP contribution in [0, 0.1) is 5.92 Å². The lowest BCUT2D eigenvalue weighted by Gasteiger charge is -2.21. The minimum Gasteiger partial charge on any atom is -0.480 e. The van der Waals surface area contributed by atoms with E-state index in [2.05, 4.69) is 20.6 Å². The van der Waals surface area contributed by atoms with Crippen LogP contribution in [0.15, 0.2) is 30.5 Å². The fourth-order valence-corrected chi connectivity index (χ4v) is 2.19. The van der Waals surface area contributed by atoms with Gasteiger partial charge in [-0.2, -0.15) is 0 Å². The summed E-state index contributed by atoms with van der Waals surface area (Å²) in [7, 11) is 0. The number of carboxylic acid groups (broad SMARTS) is 1. The smallest absolute Gasteiger partial charge is 0.326 e. The first-order valence-electron chi connectivity index (χ1n) is 7.85. The van der Waals surface area contributed by atoms with E-state index in [1.807, 2.05) is 6.07 Å². The van der Waals surface area contributed by atoms with Crippen molar-refractivity contribution in [1.82, 2.24) is 20.6 Å². The van der Waals surface area contributed by atoms with E-state index >= 15 is 0 Å². The molecule has 2 rings (SSSR count). The molecule has 8 nitrogen and oxygen atoms in total. The van der Waals surface area contributed by atoms with E-state index in [1.54, 1.807) is 32.0 Å². The molecule has 0 fully saturated rings. The lowest BCUT2D eigenvalue weighted by atomic mass is 10.0. The Kier molecular flexibility index (Phi) is 5.63. The topological polar surface area (TPSA) is 121 Å². The van der Waals surface area contributed by atoms with Crippen LogP contribution in [0.2, 0.25) is 0 Å². The number of nitrogens with one attached hydrogen (secondary N) is 2. The van der Waals surface area contributed by atoms with Gasteiger partial charge in [0.15, 0.2) is 0 Å². The second-order valence-electron chi connectivity index (χ2n) is 6.01. The molecule has 0 radical (unpaired) electrons. The minimum atomic E-state index is -1.12. The van der Waals surface area contributed by atoms with E-state index in [0.29, 0.717) is 11.0 Å². The zero-order valence-electron chi connectivity index (χ0n) is 14.2. The molecule has 8 heteroatoms. The van der Waals surface area contributed by atoms with Gasteiger partial charge in [0.05, 0.1) is 17.2 Å². The summed E-state index contributed by atoms with van der Waals surface area (Å²) >= 11 is 0. The molecule has 0 aliphatic rings. The highest BCUT2D eigenvalue weighted by Gasteiger charge is 2.26. The van der Waals surface area contributed by atoms with Crippen LogP contribution < -0.4 is 10.6 Å². The first kappa shape index (κ1) is 18.3. The lowest BCUT2D eigenvalue weighted by molar-refractivity contribution is -0.143. The van der Waals surface area contributed by atoms with Gasteiger partial charge < -0.3 is 15.7 Å². The predicted octanol–water partition coefficient (Wildman–Crippen LogP) is 0.973. The van der Waals surface area contributed by atoms with Gasteiger partial charge in [0.1, 0.15) is 17.8 Å². The number of carbonyl (C=O) groups is 3. The maximum absolute atomic E-state index is 12.2. The zero-order chi connectivity index (χ0) is 18.6. The quantitative estimate of drug-likeness (QED) is 0.718. The van der Waals surface area contributed by atoms with Gasteiger partial charge in [-0.15, -0.1) is 0 Å². The van der Waals surface area contributed by atoms with Gasteiger partial charge in [-0.1, -0.05) is 26.0 Å². The van der Waals surface area contributed by atoms with Crippen LogP contribution in [-0.2, 0) is 9.59 Å². The van der Waals surface area contributed by atoms with Crippen molar-refractivity contribution in [1.29, 1.82) is 0 Å². The van der Waals surface area contributed by atoms with Gasteiger partial charge in [-0.25, -0.2) is 9.78 Å². The summed E-state index contributed by atoms with van der Waals surface area (Å²) in [5.41, 5.74) is 1.31. The van der Waals surface area contributed by atoms with E-state index in [9.17, 15) is 14.4 Å². The van der Waals surface area contributed by atoms with Crippen molar-refractivity contribution in [2.45, 2.75) is 32.9 Å². The lowest BCUT2D eigenvalue weighted by Crippen LogP contribution is -2.52. The number of rotatable bonds is 6. The number of hydrogen-bond acceptors (Lipinski definition) is 5. The van der Waals surface area contributed by atoms with E-state index in [4.69, 9.17) is 5.11 Å². The standard InChI is InChI=1S/C17H20N4O4/c1-9(2)14(17(24)25)21-15(22)10(3)19-16(23)13-8-18-11-6-4-5-7-12(11)20-13/h4-10,14H,1-3H3,(H,19,23)(H,21,22)(H,24,25). The number of aromatic nitrogens is 2. The number of para-hydroxylation sites is 2. The fraction of sp³-hybridized carbons (Fsp3) is 0.353. The summed E-state index contributed by atoms with van der Waals surface area (Å²) in [5, 5.41) is 14.0. The monoisotopic (exact) mass is 344 g/mol. The molecule has 0 saturated heterocycles. The van der Waals surface area contributed by atoms with E-state index in [0.717, 1.165) is 0 Å². The molecule has 2 unspecified atom stereocenters. The summed E-state index contributed by atoms with van der Waals surface area (Å²) in [4.78, 5) is 43.9. The summed E-state index contributed by atoms with van der Waals surface area (Å²) in [5.74, 6) is -2.54. The largest absolute Gasteiger partial charge is 0.480 e. The molecule has 1 aromatic carbocycles. The second-order valence-corrected chi connectivity index (χ2v) is 6.01.